The summed E-state index contributed by atoms with van der Waals surface area (Å²) in [5.41, 5.74) is 0.337. The predicted molar refractivity (Wildman–Crippen MR) is 63.3 cm³/mol. The second kappa shape index (κ2) is 6.61. The van der Waals surface area contributed by atoms with Crippen molar-refractivity contribution < 1.29 is 22.3 Å². The molecule has 0 fully saturated rings. The maximum absolute atomic E-state index is 13.2. The Hall–Kier alpha value is -1.26. The predicted octanol–water partition coefficient (Wildman–Crippen LogP) is 5.18. The van der Waals surface area contributed by atoms with Crippen molar-refractivity contribution in [2.75, 3.05) is 0 Å². The average Bonchev–Trinajstić information content (AvgIpc) is 2.23. The zero-order chi connectivity index (χ0) is 14.5. The fourth-order valence-corrected chi connectivity index (χ4v) is 1.33. The van der Waals surface area contributed by atoms with E-state index in [2.05, 4.69) is 4.74 Å². The molecular formula is C13H18F4O. The minimum atomic E-state index is -4.76. The molecule has 18 heavy (non-hydrogen) atoms. The normalized spacial score (nSPS) is 11.0. The first-order valence-electron chi connectivity index (χ1n) is 5.76. The van der Waals surface area contributed by atoms with Crippen LogP contribution in [-0.4, -0.2) is 6.36 Å². The van der Waals surface area contributed by atoms with Crippen LogP contribution in [0.25, 0.3) is 0 Å². The van der Waals surface area contributed by atoms with Crippen molar-refractivity contribution in [1.29, 1.82) is 0 Å². The zero-order valence-corrected chi connectivity index (χ0v) is 11.2. The number of halogens is 4. The molecule has 0 N–H and O–H groups in total. The summed E-state index contributed by atoms with van der Waals surface area (Å²) in [4.78, 5) is 0. The average molecular weight is 266 g/mol. The maximum Gasteiger partial charge on any atom is 0.573 e. The molecular weight excluding hydrogens is 248 g/mol. The molecule has 5 heteroatoms. The largest absolute Gasteiger partial charge is 0.573 e. The highest BCUT2D eigenvalue weighted by atomic mass is 19.4. The molecule has 0 saturated carbocycles. The second-order valence-electron chi connectivity index (χ2n) is 3.84. The van der Waals surface area contributed by atoms with Crippen molar-refractivity contribution in [2.24, 2.45) is 0 Å². The summed E-state index contributed by atoms with van der Waals surface area (Å²) in [5, 5.41) is 0. The Kier molecular flexibility index (Phi) is 6.15. The Balaban J connectivity index is 0.00000137. The van der Waals surface area contributed by atoms with Gasteiger partial charge in [0.05, 0.1) is 0 Å². The number of rotatable bonds is 2. The third-order valence-corrected chi connectivity index (χ3v) is 2.14. The minimum Gasteiger partial charge on any atom is -0.405 e. The molecule has 0 aliphatic heterocycles. The lowest BCUT2D eigenvalue weighted by Gasteiger charge is -2.16. The SMILES string of the molecule is CC.Cc1cc(OC(F)(F)F)c(C(C)C)cc1F. The van der Waals surface area contributed by atoms with Crippen LogP contribution in [0.4, 0.5) is 17.6 Å². The first-order chi connectivity index (χ1) is 8.20. The van der Waals surface area contributed by atoms with E-state index >= 15 is 0 Å². The van der Waals surface area contributed by atoms with E-state index in [9.17, 15) is 17.6 Å². The summed E-state index contributed by atoms with van der Waals surface area (Å²) in [5.74, 6) is -1.10. The number of hydrogen-bond donors (Lipinski definition) is 0. The lowest BCUT2D eigenvalue weighted by molar-refractivity contribution is -0.275. The Bertz CT molecular complexity index is 383. The molecule has 0 atom stereocenters. The molecule has 0 spiro atoms. The van der Waals surface area contributed by atoms with Gasteiger partial charge in [0.1, 0.15) is 11.6 Å². The van der Waals surface area contributed by atoms with Gasteiger partial charge in [-0.3, -0.25) is 0 Å². The van der Waals surface area contributed by atoms with E-state index in [4.69, 9.17) is 0 Å². The van der Waals surface area contributed by atoms with Gasteiger partial charge in [0.2, 0.25) is 0 Å². The van der Waals surface area contributed by atoms with E-state index < -0.39 is 12.2 Å². The molecule has 0 unspecified atom stereocenters. The highest BCUT2D eigenvalue weighted by Crippen LogP contribution is 2.33. The summed E-state index contributed by atoms with van der Waals surface area (Å²) in [6.45, 7) is 8.74. The fraction of sp³-hybridized carbons (Fsp3) is 0.538. The van der Waals surface area contributed by atoms with E-state index in [-0.39, 0.29) is 22.8 Å². The van der Waals surface area contributed by atoms with Crippen LogP contribution < -0.4 is 4.74 Å². The van der Waals surface area contributed by atoms with Gasteiger partial charge in [0.25, 0.3) is 0 Å². The number of benzene rings is 1. The van der Waals surface area contributed by atoms with Crippen molar-refractivity contribution in [3.05, 3.63) is 29.1 Å². The van der Waals surface area contributed by atoms with E-state index in [0.29, 0.717) is 0 Å². The summed E-state index contributed by atoms with van der Waals surface area (Å²) in [6.07, 6.45) is -4.76. The van der Waals surface area contributed by atoms with Gasteiger partial charge in [-0.1, -0.05) is 27.7 Å². The van der Waals surface area contributed by atoms with E-state index in [1.807, 2.05) is 13.8 Å². The molecule has 0 aromatic heterocycles. The number of ether oxygens (including phenoxy) is 1. The molecule has 0 aliphatic carbocycles. The van der Waals surface area contributed by atoms with Crippen LogP contribution in [0.5, 0.6) is 5.75 Å². The molecule has 1 nitrogen and oxygen atoms in total. The first-order valence-corrected chi connectivity index (χ1v) is 5.76. The Labute approximate surface area is 105 Å². The van der Waals surface area contributed by atoms with Crippen LogP contribution in [0.2, 0.25) is 0 Å². The molecule has 0 aliphatic rings. The molecule has 0 radical (unpaired) electrons. The van der Waals surface area contributed by atoms with Gasteiger partial charge in [0, 0.05) is 0 Å². The van der Waals surface area contributed by atoms with Crippen LogP contribution in [0, 0.1) is 12.7 Å². The van der Waals surface area contributed by atoms with Crippen molar-refractivity contribution in [3.63, 3.8) is 0 Å². The van der Waals surface area contributed by atoms with E-state index in [0.717, 1.165) is 12.1 Å². The zero-order valence-electron chi connectivity index (χ0n) is 11.2. The fourth-order valence-electron chi connectivity index (χ4n) is 1.33. The molecule has 104 valence electrons. The van der Waals surface area contributed by atoms with Crippen LogP contribution in [0.1, 0.15) is 44.7 Å². The van der Waals surface area contributed by atoms with Crippen molar-refractivity contribution in [3.8, 4) is 5.75 Å². The summed E-state index contributed by atoms with van der Waals surface area (Å²) in [6, 6.07) is 2.15. The topological polar surface area (TPSA) is 9.23 Å². The van der Waals surface area contributed by atoms with Crippen LogP contribution in [-0.2, 0) is 0 Å². The standard InChI is InChI=1S/C11H12F4O.C2H6/c1-6(2)8-5-9(12)7(3)4-10(8)16-11(13,14)15;1-2/h4-6H,1-3H3;1-2H3. The molecule has 0 amide bonds. The van der Waals surface area contributed by atoms with Crippen LogP contribution in [0.3, 0.4) is 0 Å². The minimum absolute atomic E-state index is 0.128. The van der Waals surface area contributed by atoms with Gasteiger partial charge in [-0.05, 0) is 36.1 Å². The van der Waals surface area contributed by atoms with Gasteiger partial charge in [-0.25, -0.2) is 4.39 Å². The quantitative estimate of drug-likeness (QED) is 0.670. The van der Waals surface area contributed by atoms with Gasteiger partial charge in [-0.15, -0.1) is 13.2 Å². The third kappa shape index (κ3) is 4.94. The number of alkyl halides is 3. The first kappa shape index (κ1) is 16.7. The summed E-state index contributed by atoms with van der Waals surface area (Å²) in [7, 11) is 0. The molecule has 0 heterocycles. The number of hydrogen-bond acceptors (Lipinski definition) is 1. The smallest absolute Gasteiger partial charge is 0.405 e. The van der Waals surface area contributed by atoms with E-state index in [1.54, 1.807) is 13.8 Å². The highest BCUT2D eigenvalue weighted by molar-refractivity contribution is 5.40. The van der Waals surface area contributed by atoms with Gasteiger partial charge < -0.3 is 4.74 Å². The Morgan fingerprint density at radius 1 is 1.11 bits per heavy atom. The van der Waals surface area contributed by atoms with Crippen LogP contribution in [0.15, 0.2) is 12.1 Å². The lowest BCUT2D eigenvalue weighted by atomic mass is 10.0. The van der Waals surface area contributed by atoms with Crippen molar-refractivity contribution in [2.45, 2.75) is 46.9 Å². The summed E-state index contributed by atoms with van der Waals surface area (Å²) < 4.78 is 53.4. The van der Waals surface area contributed by atoms with Gasteiger partial charge in [0.15, 0.2) is 0 Å². The summed E-state index contributed by atoms with van der Waals surface area (Å²) >= 11 is 0. The van der Waals surface area contributed by atoms with E-state index in [1.165, 1.54) is 6.92 Å². The van der Waals surface area contributed by atoms with Gasteiger partial charge in [-0.2, -0.15) is 0 Å². The maximum atomic E-state index is 13.2. The molecule has 1 rings (SSSR count). The monoisotopic (exact) mass is 266 g/mol. The molecule has 1 aromatic carbocycles. The number of aryl methyl sites for hydroxylation is 1. The Morgan fingerprint density at radius 2 is 1.61 bits per heavy atom. The molecule has 0 saturated heterocycles. The van der Waals surface area contributed by atoms with Crippen molar-refractivity contribution in [1.82, 2.24) is 0 Å². The third-order valence-electron chi connectivity index (χ3n) is 2.14. The van der Waals surface area contributed by atoms with Crippen molar-refractivity contribution >= 4 is 0 Å². The Morgan fingerprint density at radius 3 is 2.00 bits per heavy atom. The lowest BCUT2D eigenvalue weighted by Crippen LogP contribution is -2.18. The highest BCUT2D eigenvalue weighted by Gasteiger charge is 2.32. The van der Waals surface area contributed by atoms with Gasteiger partial charge >= 0.3 is 6.36 Å². The molecule has 0 bridgehead atoms. The van der Waals surface area contributed by atoms with Crippen LogP contribution >= 0.6 is 0 Å². The second-order valence-corrected chi connectivity index (χ2v) is 3.84. The molecule has 1 aromatic rings.